The molecule has 0 spiro atoms. The van der Waals surface area contributed by atoms with Gasteiger partial charge in [0.15, 0.2) is 5.75 Å². The van der Waals surface area contributed by atoms with E-state index in [1.807, 2.05) is 42.6 Å². The lowest BCUT2D eigenvalue weighted by atomic mass is 9.98. The van der Waals surface area contributed by atoms with Crippen molar-refractivity contribution < 1.29 is 4.74 Å². The van der Waals surface area contributed by atoms with Gasteiger partial charge >= 0.3 is 0 Å². The summed E-state index contributed by atoms with van der Waals surface area (Å²) < 4.78 is 6.28. The van der Waals surface area contributed by atoms with Gasteiger partial charge in [0, 0.05) is 28.2 Å². The van der Waals surface area contributed by atoms with Crippen LogP contribution >= 0.6 is 0 Å². The molecule has 1 aliphatic heterocycles. The molecular formula is C27H18N2O. The minimum absolute atomic E-state index is 0.763. The van der Waals surface area contributed by atoms with Crippen LogP contribution in [0.25, 0.3) is 33.3 Å². The standard InChI is InChI=1S/C27H18N2O/c1-3-9-18(10-4-1)26-21-15-25-23(28-17-20-13-7-8-14-24(20)30-25)16-22(21)29-27(26)19-11-5-2-6-12-19/h1-17,29H. The zero-order valence-corrected chi connectivity index (χ0v) is 16.2. The predicted octanol–water partition coefficient (Wildman–Crippen LogP) is 7.36. The molecule has 0 atom stereocenters. The maximum absolute atomic E-state index is 6.28. The monoisotopic (exact) mass is 386 g/mol. The molecule has 142 valence electrons. The minimum atomic E-state index is 0.763. The summed E-state index contributed by atoms with van der Waals surface area (Å²) in [6.07, 6.45) is 1.87. The molecule has 6 rings (SSSR count). The number of H-pyrrole nitrogens is 1. The first kappa shape index (κ1) is 16.8. The van der Waals surface area contributed by atoms with E-state index in [4.69, 9.17) is 9.73 Å². The summed E-state index contributed by atoms with van der Waals surface area (Å²) in [5.74, 6) is 1.58. The number of para-hydroxylation sites is 1. The predicted molar refractivity (Wildman–Crippen MR) is 123 cm³/mol. The third-order valence-corrected chi connectivity index (χ3v) is 5.48. The van der Waals surface area contributed by atoms with Gasteiger partial charge < -0.3 is 9.72 Å². The van der Waals surface area contributed by atoms with Crippen molar-refractivity contribution in [1.29, 1.82) is 0 Å². The Kier molecular flexibility index (Phi) is 3.78. The van der Waals surface area contributed by atoms with E-state index in [0.717, 1.165) is 44.9 Å². The number of benzene rings is 4. The van der Waals surface area contributed by atoms with E-state index in [1.54, 1.807) is 0 Å². The number of nitrogens with one attached hydrogen (secondary N) is 1. The summed E-state index contributed by atoms with van der Waals surface area (Å²) in [7, 11) is 0. The van der Waals surface area contributed by atoms with Gasteiger partial charge in [0.25, 0.3) is 0 Å². The zero-order valence-electron chi connectivity index (χ0n) is 16.2. The second-order valence-electron chi connectivity index (χ2n) is 7.37. The van der Waals surface area contributed by atoms with Crippen LogP contribution in [-0.4, -0.2) is 11.2 Å². The molecule has 0 radical (unpaired) electrons. The van der Waals surface area contributed by atoms with Crippen LogP contribution in [0, 0.1) is 0 Å². The fraction of sp³-hybridized carbons (Fsp3) is 0. The van der Waals surface area contributed by atoms with Crippen molar-refractivity contribution in [1.82, 2.24) is 4.98 Å². The molecule has 0 saturated heterocycles. The van der Waals surface area contributed by atoms with Crippen molar-refractivity contribution in [3.63, 3.8) is 0 Å². The molecule has 0 saturated carbocycles. The fourth-order valence-electron chi connectivity index (χ4n) is 4.06. The van der Waals surface area contributed by atoms with E-state index in [2.05, 4.69) is 65.6 Å². The number of nitrogens with zero attached hydrogens (tertiary/aromatic N) is 1. The van der Waals surface area contributed by atoms with Crippen LogP contribution in [0.2, 0.25) is 0 Å². The summed E-state index contributed by atoms with van der Waals surface area (Å²) in [5.41, 5.74) is 7.42. The Labute approximate surface area is 174 Å². The second-order valence-corrected chi connectivity index (χ2v) is 7.37. The molecular weight excluding hydrogens is 368 g/mol. The van der Waals surface area contributed by atoms with Crippen LogP contribution in [-0.2, 0) is 0 Å². The van der Waals surface area contributed by atoms with Crippen LogP contribution in [0.5, 0.6) is 11.5 Å². The fourth-order valence-corrected chi connectivity index (χ4v) is 4.06. The molecule has 0 amide bonds. The molecule has 4 aromatic carbocycles. The minimum Gasteiger partial charge on any atom is -0.454 e. The van der Waals surface area contributed by atoms with E-state index in [0.29, 0.717) is 0 Å². The van der Waals surface area contributed by atoms with Gasteiger partial charge in [-0.25, -0.2) is 0 Å². The average molecular weight is 386 g/mol. The van der Waals surface area contributed by atoms with Crippen LogP contribution in [0.15, 0.2) is 102 Å². The lowest BCUT2D eigenvalue weighted by molar-refractivity contribution is 0.485. The Morgan fingerprint density at radius 1 is 0.667 bits per heavy atom. The Bertz CT molecular complexity index is 1400. The molecule has 3 nitrogen and oxygen atoms in total. The average Bonchev–Trinajstić information content (AvgIpc) is 3.07. The Balaban J connectivity index is 1.63. The number of fused-ring (bicyclic) bond motifs is 3. The number of rotatable bonds is 2. The zero-order chi connectivity index (χ0) is 19.9. The molecule has 0 fully saturated rings. The highest BCUT2D eigenvalue weighted by molar-refractivity contribution is 6.06. The number of aromatic amines is 1. The molecule has 1 aromatic heterocycles. The van der Waals surface area contributed by atoms with Crippen molar-refractivity contribution in [2.45, 2.75) is 0 Å². The van der Waals surface area contributed by atoms with Gasteiger partial charge in [-0.2, -0.15) is 0 Å². The number of hydrogen-bond donors (Lipinski definition) is 1. The highest BCUT2D eigenvalue weighted by Crippen LogP contribution is 2.44. The SMILES string of the molecule is C1=Nc2cc3[nH]c(-c4ccccc4)c(-c4ccccc4)c3cc2Oc2ccccc21. The first-order valence-corrected chi connectivity index (χ1v) is 9.98. The Hall–Kier alpha value is -4.11. The number of aromatic nitrogens is 1. The van der Waals surface area contributed by atoms with E-state index in [1.165, 1.54) is 11.1 Å². The molecule has 0 unspecified atom stereocenters. The van der Waals surface area contributed by atoms with Crippen molar-refractivity contribution in [2.75, 3.05) is 0 Å². The molecule has 3 heteroatoms. The van der Waals surface area contributed by atoms with Crippen LogP contribution in [0.3, 0.4) is 0 Å². The maximum atomic E-state index is 6.28. The maximum Gasteiger partial charge on any atom is 0.153 e. The van der Waals surface area contributed by atoms with E-state index in [9.17, 15) is 0 Å². The molecule has 0 bridgehead atoms. The quantitative estimate of drug-likeness (QED) is 0.332. The Morgan fingerprint density at radius 3 is 2.17 bits per heavy atom. The van der Waals surface area contributed by atoms with Crippen LogP contribution in [0.1, 0.15) is 5.56 Å². The molecule has 1 N–H and O–H groups in total. The molecule has 1 aliphatic rings. The normalized spacial score (nSPS) is 12.1. The topological polar surface area (TPSA) is 37.4 Å². The first-order chi connectivity index (χ1) is 14.9. The van der Waals surface area contributed by atoms with Crippen molar-refractivity contribution in [3.05, 3.63) is 103 Å². The van der Waals surface area contributed by atoms with Crippen molar-refractivity contribution >= 4 is 22.8 Å². The van der Waals surface area contributed by atoms with E-state index >= 15 is 0 Å². The van der Waals surface area contributed by atoms with Crippen LogP contribution < -0.4 is 4.74 Å². The molecule has 0 aliphatic carbocycles. The smallest absolute Gasteiger partial charge is 0.153 e. The highest BCUT2D eigenvalue weighted by Gasteiger charge is 2.19. The summed E-state index contributed by atoms with van der Waals surface area (Å²) in [6, 6.07) is 33.1. The Morgan fingerprint density at radius 2 is 1.37 bits per heavy atom. The van der Waals surface area contributed by atoms with Gasteiger partial charge in [-0.05, 0) is 35.4 Å². The van der Waals surface area contributed by atoms with Gasteiger partial charge in [0.05, 0.1) is 5.69 Å². The lowest BCUT2D eigenvalue weighted by Crippen LogP contribution is -1.87. The van der Waals surface area contributed by atoms with E-state index in [-0.39, 0.29) is 0 Å². The largest absolute Gasteiger partial charge is 0.454 e. The number of ether oxygens (including phenoxy) is 1. The lowest BCUT2D eigenvalue weighted by Gasteiger charge is -2.09. The van der Waals surface area contributed by atoms with E-state index < -0.39 is 0 Å². The van der Waals surface area contributed by atoms with Crippen molar-refractivity contribution in [2.24, 2.45) is 4.99 Å². The second kappa shape index (κ2) is 6.75. The molecule has 5 aromatic rings. The van der Waals surface area contributed by atoms with Gasteiger partial charge in [0.1, 0.15) is 11.4 Å². The van der Waals surface area contributed by atoms with Gasteiger partial charge in [-0.1, -0.05) is 72.8 Å². The molecule has 2 heterocycles. The summed E-state index contributed by atoms with van der Waals surface area (Å²) in [4.78, 5) is 8.33. The summed E-state index contributed by atoms with van der Waals surface area (Å²) in [6.45, 7) is 0. The van der Waals surface area contributed by atoms with Crippen molar-refractivity contribution in [3.8, 4) is 33.9 Å². The number of hydrogen-bond acceptors (Lipinski definition) is 2. The number of aliphatic imine (C=N–C) groups is 1. The summed E-state index contributed by atoms with van der Waals surface area (Å²) in [5, 5.41) is 1.12. The van der Waals surface area contributed by atoms with Crippen LogP contribution in [0.4, 0.5) is 5.69 Å². The van der Waals surface area contributed by atoms with Gasteiger partial charge in [0.2, 0.25) is 0 Å². The molecule has 30 heavy (non-hydrogen) atoms. The third kappa shape index (κ3) is 2.72. The first-order valence-electron chi connectivity index (χ1n) is 9.98. The van der Waals surface area contributed by atoms with Gasteiger partial charge in [-0.3, -0.25) is 4.99 Å². The summed E-state index contributed by atoms with van der Waals surface area (Å²) >= 11 is 0. The third-order valence-electron chi connectivity index (χ3n) is 5.48. The van der Waals surface area contributed by atoms with Gasteiger partial charge in [-0.15, -0.1) is 0 Å². The highest BCUT2D eigenvalue weighted by atomic mass is 16.5.